The van der Waals surface area contributed by atoms with E-state index in [1.165, 1.54) is 0 Å². The predicted octanol–water partition coefficient (Wildman–Crippen LogP) is 0.509. The summed E-state index contributed by atoms with van der Waals surface area (Å²) in [4.78, 5) is 0. The van der Waals surface area contributed by atoms with E-state index in [1.54, 1.807) is 4.68 Å². The van der Waals surface area contributed by atoms with Gasteiger partial charge in [-0.1, -0.05) is 18.2 Å². The Kier molecular flexibility index (Phi) is 2.83. The summed E-state index contributed by atoms with van der Waals surface area (Å²) < 4.78 is 1.69. The van der Waals surface area contributed by atoms with E-state index in [0.29, 0.717) is 6.54 Å². The van der Waals surface area contributed by atoms with Gasteiger partial charge >= 0.3 is 0 Å². The SMILES string of the molecule is C=CC(C)(CN)Cc1cn(C)nn1. The number of aromatic nitrogens is 3. The third-order valence-electron chi connectivity index (χ3n) is 2.19. The molecule has 0 aliphatic rings. The molecule has 0 saturated carbocycles. The van der Waals surface area contributed by atoms with Crippen LogP contribution >= 0.6 is 0 Å². The van der Waals surface area contributed by atoms with Gasteiger partial charge in [-0.15, -0.1) is 11.7 Å². The normalized spacial score (nSPS) is 15.3. The number of nitrogens with two attached hydrogens (primary N) is 1. The number of rotatable bonds is 4. The third kappa shape index (κ3) is 2.39. The molecule has 1 heterocycles. The van der Waals surface area contributed by atoms with E-state index in [9.17, 15) is 0 Å². The molecule has 0 bridgehead atoms. The van der Waals surface area contributed by atoms with Crippen LogP contribution in [0.25, 0.3) is 0 Å². The lowest BCUT2D eigenvalue weighted by atomic mass is 9.86. The van der Waals surface area contributed by atoms with Crippen LogP contribution in [0, 0.1) is 5.41 Å². The molecule has 1 rings (SSSR count). The van der Waals surface area contributed by atoms with Crippen molar-refractivity contribution < 1.29 is 0 Å². The Hall–Kier alpha value is -1.16. The fraction of sp³-hybridized carbons (Fsp3) is 0.556. The summed E-state index contributed by atoms with van der Waals surface area (Å²) >= 11 is 0. The van der Waals surface area contributed by atoms with Crippen molar-refractivity contribution in [2.45, 2.75) is 13.3 Å². The monoisotopic (exact) mass is 180 g/mol. The highest BCUT2D eigenvalue weighted by atomic mass is 15.4. The second kappa shape index (κ2) is 3.70. The fourth-order valence-corrected chi connectivity index (χ4v) is 1.12. The smallest absolute Gasteiger partial charge is 0.0836 e. The lowest BCUT2D eigenvalue weighted by Crippen LogP contribution is -2.27. The van der Waals surface area contributed by atoms with Gasteiger partial charge in [0.15, 0.2) is 0 Å². The number of hydrogen-bond acceptors (Lipinski definition) is 3. The Morgan fingerprint density at radius 1 is 1.77 bits per heavy atom. The Morgan fingerprint density at radius 3 is 2.85 bits per heavy atom. The Balaban J connectivity index is 2.72. The van der Waals surface area contributed by atoms with Gasteiger partial charge in [-0.3, -0.25) is 4.68 Å². The molecule has 4 nitrogen and oxygen atoms in total. The summed E-state index contributed by atoms with van der Waals surface area (Å²) in [5.74, 6) is 0. The second-order valence-electron chi connectivity index (χ2n) is 3.62. The van der Waals surface area contributed by atoms with Gasteiger partial charge in [0.25, 0.3) is 0 Å². The molecule has 1 aromatic rings. The van der Waals surface area contributed by atoms with Gasteiger partial charge in [-0.05, 0) is 0 Å². The zero-order chi connectivity index (χ0) is 9.90. The molecule has 1 unspecified atom stereocenters. The number of hydrogen-bond donors (Lipinski definition) is 1. The molecule has 72 valence electrons. The lowest BCUT2D eigenvalue weighted by molar-refractivity contribution is 0.433. The van der Waals surface area contributed by atoms with Gasteiger partial charge in [0.2, 0.25) is 0 Å². The summed E-state index contributed by atoms with van der Waals surface area (Å²) in [6.07, 6.45) is 4.57. The minimum Gasteiger partial charge on any atom is -0.330 e. The highest BCUT2D eigenvalue weighted by molar-refractivity contribution is 5.04. The average molecular weight is 180 g/mol. The van der Waals surface area contributed by atoms with Crippen molar-refractivity contribution in [3.8, 4) is 0 Å². The summed E-state index contributed by atoms with van der Waals surface area (Å²) in [6, 6.07) is 0. The summed E-state index contributed by atoms with van der Waals surface area (Å²) in [5.41, 5.74) is 6.53. The van der Waals surface area contributed by atoms with Crippen molar-refractivity contribution in [1.82, 2.24) is 15.0 Å². The first-order valence-electron chi connectivity index (χ1n) is 4.28. The first-order valence-corrected chi connectivity index (χ1v) is 4.28. The molecule has 0 aliphatic carbocycles. The average Bonchev–Trinajstić information content (AvgIpc) is 2.51. The molecule has 0 aromatic carbocycles. The topological polar surface area (TPSA) is 56.7 Å². The van der Waals surface area contributed by atoms with E-state index in [-0.39, 0.29) is 5.41 Å². The van der Waals surface area contributed by atoms with Crippen molar-refractivity contribution in [2.75, 3.05) is 6.54 Å². The largest absolute Gasteiger partial charge is 0.330 e. The van der Waals surface area contributed by atoms with Gasteiger partial charge < -0.3 is 5.73 Å². The maximum atomic E-state index is 5.65. The molecule has 2 N–H and O–H groups in total. The summed E-state index contributed by atoms with van der Waals surface area (Å²) in [5, 5.41) is 7.87. The Morgan fingerprint density at radius 2 is 2.46 bits per heavy atom. The molecular formula is C9H16N4. The fourth-order valence-electron chi connectivity index (χ4n) is 1.12. The molecule has 0 saturated heterocycles. The van der Waals surface area contributed by atoms with E-state index in [4.69, 9.17) is 5.73 Å². The van der Waals surface area contributed by atoms with Gasteiger partial charge in [0.05, 0.1) is 5.69 Å². The maximum absolute atomic E-state index is 5.65. The van der Waals surface area contributed by atoms with Crippen LogP contribution in [0.5, 0.6) is 0 Å². The van der Waals surface area contributed by atoms with Gasteiger partial charge in [0.1, 0.15) is 0 Å². The molecule has 0 radical (unpaired) electrons. The Labute approximate surface area is 78.4 Å². The Bertz CT molecular complexity index is 292. The van der Waals surface area contributed by atoms with Crippen molar-refractivity contribution in [1.29, 1.82) is 0 Å². The molecule has 1 atom stereocenters. The van der Waals surface area contributed by atoms with Crippen LogP contribution in [-0.4, -0.2) is 21.5 Å². The van der Waals surface area contributed by atoms with Crippen molar-refractivity contribution >= 4 is 0 Å². The van der Waals surface area contributed by atoms with Crippen LogP contribution in [-0.2, 0) is 13.5 Å². The van der Waals surface area contributed by atoms with Gasteiger partial charge in [-0.2, -0.15) is 0 Å². The van der Waals surface area contributed by atoms with Crippen molar-refractivity contribution in [3.05, 3.63) is 24.5 Å². The van der Waals surface area contributed by atoms with E-state index in [2.05, 4.69) is 23.8 Å². The van der Waals surface area contributed by atoms with E-state index < -0.39 is 0 Å². The molecule has 4 heteroatoms. The molecular weight excluding hydrogens is 164 g/mol. The molecule has 0 aliphatic heterocycles. The molecule has 0 fully saturated rings. The summed E-state index contributed by atoms with van der Waals surface area (Å²) in [7, 11) is 1.85. The second-order valence-corrected chi connectivity index (χ2v) is 3.62. The molecule has 13 heavy (non-hydrogen) atoms. The van der Waals surface area contributed by atoms with Crippen molar-refractivity contribution in [3.63, 3.8) is 0 Å². The standard InChI is InChI=1S/C9H16N4/c1-4-9(2,7-10)5-8-6-13(3)12-11-8/h4,6H,1,5,7,10H2,2-3H3. The van der Waals surface area contributed by atoms with Crippen LogP contribution in [0.2, 0.25) is 0 Å². The third-order valence-corrected chi connectivity index (χ3v) is 2.19. The highest BCUT2D eigenvalue weighted by Gasteiger charge is 2.20. The van der Waals surface area contributed by atoms with E-state index in [0.717, 1.165) is 12.1 Å². The zero-order valence-electron chi connectivity index (χ0n) is 8.20. The first-order chi connectivity index (χ1) is 6.09. The van der Waals surface area contributed by atoms with Gasteiger partial charge in [0, 0.05) is 31.6 Å². The quantitative estimate of drug-likeness (QED) is 0.687. The van der Waals surface area contributed by atoms with Crippen LogP contribution in [0.15, 0.2) is 18.9 Å². The molecule has 0 spiro atoms. The summed E-state index contributed by atoms with van der Waals surface area (Å²) in [6.45, 7) is 6.41. The number of nitrogens with zero attached hydrogens (tertiary/aromatic N) is 3. The molecule has 0 amide bonds. The van der Waals surface area contributed by atoms with Crippen LogP contribution in [0.1, 0.15) is 12.6 Å². The van der Waals surface area contributed by atoms with Crippen LogP contribution < -0.4 is 5.73 Å². The lowest BCUT2D eigenvalue weighted by Gasteiger charge is -2.21. The minimum absolute atomic E-state index is 0.0734. The minimum atomic E-state index is -0.0734. The van der Waals surface area contributed by atoms with E-state index in [1.807, 2.05) is 19.3 Å². The van der Waals surface area contributed by atoms with Crippen LogP contribution in [0.4, 0.5) is 0 Å². The highest BCUT2D eigenvalue weighted by Crippen LogP contribution is 2.20. The number of aryl methyl sites for hydroxylation is 1. The van der Waals surface area contributed by atoms with Crippen LogP contribution in [0.3, 0.4) is 0 Å². The van der Waals surface area contributed by atoms with Gasteiger partial charge in [-0.25, -0.2) is 0 Å². The molecule has 1 aromatic heterocycles. The maximum Gasteiger partial charge on any atom is 0.0836 e. The van der Waals surface area contributed by atoms with E-state index >= 15 is 0 Å². The zero-order valence-corrected chi connectivity index (χ0v) is 8.20. The predicted molar refractivity (Wildman–Crippen MR) is 52.1 cm³/mol. The first kappa shape index (κ1) is 9.92. The van der Waals surface area contributed by atoms with Crippen molar-refractivity contribution in [2.24, 2.45) is 18.2 Å².